The van der Waals surface area contributed by atoms with Gasteiger partial charge in [-0.3, -0.25) is 4.79 Å². The third-order valence-corrected chi connectivity index (χ3v) is 2.13. The van der Waals surface area contributed by atoms with E-state index in [0.717, 1.165) is 0 Å². The Bertz CT molecular complexity index is 389. The molecule has 1 aromatic carbocycles. The van der Waals surface area contributed by atoms with E-state index < -0.39 is 12.0 Å². The Kier molecular flexibility index (Phi) is 3.16. The van der Waals surface area contributed by atoms with Crippen molar-refractivity contribution in [2.24, 2.45) is 5.73 Å². The van der Waals surface area contributed by atoms with Crippen molar-refractivity contribution in [1.82, 2.24) is 0 Å². The van der Waals surface area contributed by atoms with Gasteiger partial charge in [0.15, 0.2) is 11.5 Å². The number of phenolic OH excluding ortho intramolecular Hbond substituents is 1. The summed E-state index contributed by atoms with van der Waals surface area (Å²) in [7, 11) is 1.39. The summed E-state index contributed by atoms with van der Waals surface area (Å²) in [6.45, 7) is 1.65. The van der Waals surface area contributed by atoms with Gasteiger partial charge in [0, 0.05) is 0 Å². The zero-order valence-electron chi connectivity index (χ0n) is 8.52. The van der Waals surface area contributed by atoms with E-state index >= 15 is 0 Å². The van der Waals surface area contributed by atoms with Crippen molar-refractivity contribution in [1.29, 1.82) is 0 Å². The molecule has 0 radical (unpaired) electrons. The van der Waals surface area contributed by atoms with E-state index in [0.29, 0.717) is 11.1 Å². The highest BCUT2D eigenvalue weighted by atomic mass is 16.5. The number of hydrogen-bond acceptors (Lipinski definition) is 4. The first-order valence-electron chi connectivity index (χ1n) is 4.33. The van der Waals surface area contributed by atoms with Gasteiger partial charge in [-0.05, 0) is 30.2 Å². The molecule has 0 amide bonds. The van der Waals surface area contributed by atoms with E-state index in [1.165, 1.54) is 19.2 Å². The summed E-state index contributed by atoms with van der Waals surface area (Å²) in [4.78, 5) is 10.7. The van der Waals surface area contributed by atoms with Crippen LogP contribution in [-0.2, 0) is 4.79 Å². The Balaban J connectivity index is 3.22. The number of nitrogens with two attached hydrogens (primary N) is 1. The van der Waals surface area contributed by atoms with Crippen LogP contribution in [0.3, 0.4) is 0 Å². The van der Waals surface area contributed by atoms with Gasteiger partial charge >= 0.3 is 5.97 Å². The highest BCUT2D eigenvalue weighted by Crippen LogP contribution is 2.32. The largest absolute Gasteiger partial charge is 0.504 e. The lowest BCUT2D eigenvalue weighted by Crippen LogP contribution is -2.20. The first kappa shape index (κ1) is 11.3. The molecule has 4 N–H and O–H groups in total. The number of carboxylic acid groups (broad SMARTS) is 1. The lowest BCUT2D eigenvalue weighted by Gasteiger charge is -2.12. The molecule has 0 aliphatic carbocycles. The highest BCUT2D eigenvalue weighted by Gasteiger charge is 2.17. The molecule has 0 saturated heterocycles. The van der Waals surface area contributed by atoms with Crippen molar-refractivity contribution < 1.29 is 19.7 Å². The number of carboxylic acids is 1. The fourth-order valence-electron chi connectivity index (χ4n) is 1.25. The van der Waals surface area contributed by atoms with Crippen molar-refractivity contribution in [3.8, 4) is 11.5 Å². The highest BCUT2D eigenvalue weighted by molar-refractivity contribution is 5.75. The predicted molar refractivity (Wildman–Crippen MR) is 54.0 cm³/mol. The predicted octanol–water partition coefficient (Wildman–Crippen LogP) is 0.794. The molecule has 0 aromatic heterocycles. The van der Waals surface area contributed by atoms with Gasteiger partial charge in [-0.2, -0.15) is 0 Å². The van der Waals surface area contributed by atoms with E-state index in [-0.39, 0.29) is 11.5 Å². The average molecular weight is 211 g/mol. The number of aliphatic carboxylic acids is 1. The number of aromatic hydroxyl groups is 1. The Morgan fingerprint density at radius 2 is 2.13 bits per heavy atom. The average Bonchev–Trinajstić information content (AvgIpc) is 2.20. The molecule has 0 bridgehead atoms. The van der Waals surface area contributed by atoms with Crippen LogP contribution in [0.1, 0.15) is 17.2 Å². The molecule has 5 heteroatoms. The second kappa shape index (κ2) is 4.18. The summed E-state index contributed by atoms with van der Waals surface area (Å²) >= 11 is 0. The molecule has 0 aliphatic heterocycles. The SMILES string of the molecule is COc1cc(C(N)C(=O)O)cc(C)c1O. The second-order valence-corrected chi connectivity index (χ2v) is 3.20. The van der Waals surface area contributed by atoms with Gasteiger partial charge in [-0.1, -0.05) is 0 Å². The summed E-state index contributed by atoms with van der Waals surface area (Å²) < 4.78 is 4.90. The number of phenols is 1. The third-order valence-electron chi connectivity index (χ3n) is 2.13. The second-order valence-electron chi connectivity index (χ2n) is 3.20. The van der Waals surface area contributed by atoms with Crippen LogP contribution < -0.4 is 10.5 Å². The van der Waals surface area contributed by atoms with Gasteiger partial charge in [-0.15, -0.1) is 0 Å². The van der Waals surface area contributed by atoms with Crippen LogP contribution >= 0.6 is 0 Å². The lowest BCUT2D eigenvalue weighted by molar-refractivity contribution is -0.138. The molecule has 0 fully saturated rings. The maximum atomic E-state index is 10.7. The van der Waals surface area contributed by atoms with Crippen LogP contribution in [0.2, 0.25) is 0 Å². The first-order chi connectivity index (χ1) is 6.97. The summed E-state index contributed by atoms with van der Waals surface area (Å²) in [5.41, 5.74) is 6.37. The van der Waals surface area contributed by atoms with Gasteiger partial charge in [0.2, 0.25) is 0 Å². The quantitative estimate of drug-likeness (QED) is 0.687. The minimum absolute atomic E-state index is 0.00108. The van der Waals surface area contributed by atoms with Crippen molar-refractivity contribution in [3.05, 3.63) is 23.3 Å². The summed E-state index contributed by atoms with van der Waals surface area (Å²) in [6, 6.07) is 1.83. The minimum atomic E-state index is -1.12. The monoisotopic (exact) mass is 211 g/mol. The Labute approximate surface area is 87.1 Å². The van der Waals surface area contributed by atoms with Crippen LogP contribution in [0.15, 0.2) is 12.1 Å². The maximum absolute atomic E-state index is 10.7. The summed E-state index contributed by atoms with van der Waals surface area (Å²) in [6.07, 6.45) is 0. The van der Waals surface area contributed by atoms with Crippen molar-refractivity contribution in [2.45, 2.75) is 13.0 Å². The lowest BCUT2D eigenvalue weighted by atomic mass is 10.0. The zero-order valence-corrected chi connectivity index (χ0v) is 8.52. The van der Waals surface area contributed by atoms with Crippen LogP contribution in [-0.4, -0.2) is 23.3 Å². The van der Waals surface area contributed by atoms with E-state index in [1.54, 1.807) is 6.92 Å². The van der Waals surface area contributed by atoms with Crippen LogP contribution in [0.5, 0.6) is 11.5 Å². The fraction of sp³-hybridized carbons (Fsp3) is 0.300. The molecule has 82 valence electrons. The Morgan fingerprint density at radius 1 is 1.53 bits per heavy atom. The van der Waals surface area contributed by atoms with Crippen molar-refractivity contribution >= 4 is 5.97 Å². The number of carbonyl (C=O) groups is 1. The zero-order chi connectivity index (χ0) is 11.6. The summed E-state index contributed by atoms with van der Waals surface area (Å²) in [5.74, 6) is -0.900. The van der Waals surface area contributed by atoms with Crippen LogP contribution in [0.4, 0.5) is 0 Å². The molecule has 0 aliphatic rings. The molecular weight excluding hydrogens is 198 g/mol. The number of methoxy groups -OCH3 is 1. The van der Waals surface area contributed by atoms with E-state index in [1.807, 2.05) is 0 Å². The molecule has 0 saturated carbocycles. The standard InChI is InChI=1S/C10H13NO4/c1-5-3-6(8(11)10(13)14)4-7(15-2)9(5)12/h3-4,8,12H,11H2,1-2H3,(H,13,14). The van der Waals surface area contributed by atoms with E-state index in [4.69, 9.17) is 15.6 Å². The molecule has 1 aromatic rings. The number of rotatable bonds is 3. The number of ether oxygens (including phenoxy) is 1. The van der Waals surface area contributed by atoms with Crippen molar-refractivity contribution in [3.63, 3.8) is 0 Å². The molecule has 1 rings (SSSR count). The molecule has 0 heterocycles. The van der Waals surface area contributed by atoms with E-state index in [9.17, 15) is 9.90 Å². The fourth-order valence-corrected chi connectivity index (χ4v) is 1.25. The molecule has 15 heavy (non-hydrogen) atoms. The Hall–Kier alpha value is -1.75. The van der Waals surface area contributed by atoms with Crippen LogP contribution in [0, 0.1) is 6.92 Å². The third kappa shape index (κ3) is 2.19. The van der Waals surface area contributed by atoms with Gasteiger partial charge in [0.05, 0.1) is 7.11 Å². The van der Waals surface area contributed by atoms with Gasteiger partial charge in [-0.25, -0.2) is 0 Å². The summed E-state index contributed by atoms with van der Waals surface area (Å²) in [5, 5.41) is 18.3. The Morgan fingerprint density at radius 3 is 2.60 bits per heavy atom. The number of benzene rings is 1. The maximum Gasteiger partial charge on any atom is 0.325 e. The molecule has 5 nitrogen and oxygen atoms in total. The smallest absolute Gasteiger partial charge is 0.325 e. The van der Waals surface area contributed by atoms with Gasteiger partial charge in [0.1, 0.15) is 6.04 Å². The number of hydrogen-bond donors (Lipinski definition) is 3. The van der Waals surface area contributed by atoms with E-state index in [2.05, 4.69) is 0 Å². The van der Waals surface area contributed by atoms with Gasteiger partial charge in [0.25, 0.3) is 0 Å². The number of aryl methyl sites for hydroxylation is 1. The molecule has 0 spiro atoms. The molecular formula is C10H13NO4. The van der Waals surface area contributed by atoms with Gasteiger partial charge < -0.3 is 20.7 Å². The first-order valence-corrected chi connectivity index (χ1v) is 4.33. The van der Waals surface area contributed by atoms with Crippen LogP contribution in [0.25, 0.3) is 0 Å². The minimum Gasteiger partial charge on any atom is -0.504 e. The molecule has 1 unspecified atom stereocenters. The molecule has 1 atom stereocenters. The normalized spacial score (nSPS) is 12.2. The topological polar surface area (TPSA) is 92.8 Å². The van der Waals surface area contributed by atoms with Crippen molar-refractivity contribution in [2.75, 3.05) is 7.11 Å².